The van der Waals surface area contributed by atoms with E-state index in [9.17, 15) is 9.90 Å². The summed E-state index contributed by atoms with van der Waals surface area (Å²) in [6, 6.07) is 17.7. The second-order valence-corrected chi connectivity index (χ2v) is 5.22. The molecule has 0 saturated heterocycles. The van der Waals surface area contributed by atoms with Gasteiger partial charge in [0.1, 0.15) is 6.29 Å². The zero-order valence-electron chi connectivity index (χ0n) is 13.5. The van der Waals surface area contributed by atoms with Crippen LogP contribution in [0.3, 0.4) is 0 Å². The Bertz CT molecular complexity index is 745. The Morgan fingerprint density at radius 3 is 1.44 bits per heavy atom. The minimum Gasteiger partial charge on any atom is -0.872 e. The summed E-state index contributed by atoms with van der Waals surface area (Å²) in [5.41, 5.74) is 2.05. The van der Waals surface area contributed by atoms with Gasteiger partial charge in [-0.3, -0.25) is 14.8 Å². The van der Waals surface area contributed by atoms with Crippen LogP contribution in [-0.4, -0.2) is 16.3 Å². The third-order valence-electron chi connectivity index (χ3n) is 2.64. The number of nitrogens with zero attached hydrogens (tertiary/aromatic N) is 2. The third-order valence-corrected chi connectivity index (χ3v) is 2.64. The molecule has 0 N–H and O–H groups in total. The molecule has 8 nitrogen and oxygen atoms in total. The van der Waals surface area contributed by atoms with Crippen LogP contribution in [-0.2, 0) is 17.1 Å². The summed E-state index contributed by atoms with van der Waals surface area (Å²) in [6.45, 7) is 0. The van der Waals surface area contributed by atoms with E-state index in [1.165, 1.54) is 12.1 Å². The van der Waals surface area contributed by atoms with Gasteiger partial charge in [0, 0.05) is 18.0 Å². The summed E-state index contributed by atoms with van der Waals surface area (Å²) in [4.78, 5) is 18.4. The van der Waals surface area contributed by atoms with Crippen LogP contribution in [0.25, 0.3) is 11.4 Å². The molecule has 0 amide bonds. The van der Waals surface area contributed by atoms with Crippen LogP contribution in [0, 0.1) is 10.2 Å². The smallest absolute Gasteiger partial charge is 0.872 e. The molecule has 145 valence electrons. The largest absolute Gasteiger partial charge is 2.00 e. The Morgan fingerprint density at radius 1 is 0.741 bits per heavy atom. The molecular weight excluding hydrogens is 427 g/mol. The first-order valence-corrected chi connectivity index (χ1v) is 8.20. The van der Waals surface area contributed by atoms with E-state index in [2.05, 4.69) is 9.97 Å². The van der Waals surface area contributed by atoms with Crippen molar-refractivity contribution in [3.63, 3.8) is 0 Å². The Kier molecular flexibility index (Phi) is 11.8. The third kappa shape index (κ3) is 11.8. The van der Waals surface area contributed by atoms with Gasteiger partial charge in [-0.2, -0.15) is 0 Å². The Balaban J connectivity index is 0.000000403. The normalized spacial score (nSPS) is 9.48. The molecule has 0 aliphatic carbocycles. The van der Waals surface area contributed by atoms with E-state index in [1.54, 1.807) is 24.5 Å². The molecule has 10 heteroatoms. The molecular formula is C17H13ClCuN2O6. The topological polar surface area (TPSA) is 158 Å². The molecule has 3 aromatic rings. The molecule has 2 heterocycles. The van der Waals surface area contributed by atoms with Crippen molar-refractivity contribution in [2.45, 2.75) is 0 Å². The molecule has 3 rings (SSSR count). The summed E-state index contributed by atoms with van der Waals surface area (Å²) in [6.07, 6.45) is 4.09. The monoisotopic (exact) mass is 439 g/mol. The van der Waals surface area contributed by atoms with Crippen molar-refractivity contribution in [2.75, 3.05) is 0 Å². The Hall–Kier alpha value is -2.36. The molecule has 0 spiro atoms. The fourth-order valence-corrected chi connectivity index (χ4v) is 1.61. The van der Waals surface area contributed by atoms with Crippen LogP contribution in [0.15, 0.2) is 73.1 Å². The van der Waals surface area contributed by atoms with Gasteiger partial charge in [0.25, 0.3) is 0 Å². The molecule has 1 radical (unpaired) electrons. The fraction of sp³-hybridized carbons (Fsp3) is 0. The van der Waals surface area contributed by atoms with E-state index < -0.39 is 10.2 Å². The van der Waals surface area contributed by atoms with Crippen LogP contribution in [0.4, 0.5) is 0 Å². The van der Waals surface area contributed by atoms with Crippen molar-refractivity contribution in [3.8, 4) is 17.1 Å². The average Bonchev–Trinajstić information content (AvgIpc) is 2.63. The standard InChI is InChI=1S/C10H8N2.C7H6O2.ClHO4.Cu/c1-3-7-11-9(5-1)10-6-2-4-8-12-10;8-5-6-3-1-2-4-7(6)9;2-1(3,4)5;/h1-8H;1-5,9H;(H,2,3,4,5);/q;;;+2/p-2. The molecule has 2 aromatic heterocycles. The predicted molar refractivity (Wildman–Crippen MR) is 78.7 cm³/mol. The second-order valence-electron chi connectivity index (χ2n) is 4.46. The number of aromatic nitrogens is 2. The number of benzene rings is 1. The molecule has 27 heavy (non-hydrogen) atoms. The Labute approximate surface area is 168 Å². The number of carbonyl (C=O) groups excluding carboxylic acids is 1. The zero-order valence-corrected chi connectivity index (χ0v) is 15.2. The van der Waals surface area contributed by atoms with Crippen LogP contribution < -0.4 is 23.7 Å². The zero-order chi connectivity index (χ0) is 19.4. The van der Waals surface area contributed by atoms with Gasteiger partial charge in [-0.25, -0.2) is 18.6 Å². The summed E-state index contributed by atoms with van der Waals surface area (Å²) < 4.78 is 34.0. The van der Waals surface area contributed by atoms with Crippen molar-refractivity contribution in [1.29, 1.82) is 0 Å². The van der Waals surface area contributed by atoms with E-state index >= 15 is 0 Å². The van der Waals surface area contributed by atoms with Crippen molar-refractivity contribution in [3.05, 3.63) is 78.6 Å². The van der Waals surface area contributed by atoms with E-state index in [-0.39, 0.29) is 28.4 Å². The van der Waals surface area contributed by atoms with Crippen LogP contribution in [0.5, 0.6) is 5.75 Å². The molecule has 0 aliphatic heterocycles. The maximum atomic E-state index is 10.6. The number of rotatable bonds is 2. The number of pyridine rings is 2. The number of carbonyl (C=O) groups is 1. The van der Waals surface area contributed by atoms with Gasteiger partial charge >= 0.3 is 17.1 Å². The van der Waals surface area contributed by atoms with E-state index in [0.29, 0.717) is 6.29 Å². The molecule has 0 aliphatic rings. The van der Waals surface area contributed by atoms with Crippen LogP contribution >= 0.6 is 0 Å². The molecule has 0 fully saturated rings. The Morgan fingerprint density at radius 2 is 1.15 bits per heavy atom. The van der Waals surface area contributed by atoms with Gasteiger partial charge in [-0.05, 0) is 24.3 Å². The number of halogens is 1. The maximum Gasteiger partial charge on any atom is 2.00 e. The maximum absolute atomic E-state index is 10.6. The molecule has 0 unspecified atom stereocenters. The molecule has 0 atom stereocenters. The van der Waals surface area contributed by atoms with Gasteiger partial charge in [0.05, 0.1) is 11.4 Å². The average molecular weight is 440 g/mol. The van der Waals surface area contributed by atoms with Gasteiger partial charge in [0.2, 0.25) is 0 Å². The fourth-order valence-electron chi connectivity index (χ4n) is 1.61. The summed E-state index contributed by atoms with van der Waals surface area (Å²) in [5.74, 6) is -0.215. The van der Waals surface area contributed by atoms with Crippen molar-refractivity contribution in [1.82, 2.24) is 9.97 Å². The SMILES string of the molecule is O=Cc1ccccc1[O-].[Cu+2].[O-][Cl+3]([O-])([O-])[O-].c1ccc(-c2ccccn2)nc1. The van der Waals surface area contributed by atoms with Crippen LogP contribution in [0.2, 0.25) is 0 Å². The van der Waals surface area contributed by atoms with Crippen LogP contribution in [0.1, 0.15) is 10.4 Å². The van der Waals surface area contributed by atoms with E-state index in [1.807, 2.05) is 36.4 Å². The van der Waals surface area contributed by atoms with Gasteiger partial charge in [0.15, 0.2) is 0 Å². The number of hydrogen-bond donors (Lipinski definition) is 0. The molecule has 0 bridgehead atoms. The molecule has 0 saturated carbocycles. The minimum atomic E-state index is -4.94. The molecule has 1 aromatic carbocycles. The number of aldehydes is 1. The quantitative estimate of drug-likeness (QED) is 0.326. The minimum absolute atomic E-state index is 0. The summed E-state index contributed by atoms with van der Waals surface area (Å²) in [5, 5.41) is 10.6. The summed E-state index contributed by atoms with van der Waals surface area (Å²) >= 11 is 0. The first-order valence-electron chi connectivity index (χ1n) is 6.96. The van der Waals surface area contributed by atoms with E-state index in [4.69, 9.17) is 18.6 Å². The number of para-hydroxylation sites is 1. The first-order chi connectivity index (χ1) is 12.3. The van der Waals surface area contributed by atoms with Crippen molar-refractivity contribution >= 4 is 6.29 Å². The summed E-state index contributed by atoms with van der Waals surface area (Å²) in [7, 11) is -4.94. The predicted octanol–water partition coefficient (Wildman–Crippen LogP) is -2.04. The second kappa shape index (κ2) is 12.9. The number of hydrogen-bond acceptors (Lipinski definition) is 8. The van der Waals surface area contributed by atoms with Crippen molar-refractivity contribution in [2.24, 2.45) is 0 Å². The van der Waals surface area contributed by atoms with Gasteiger partial charge in [-0.15, -0.1) is 10.2 Å². The van der Waals surface area contributed by atoms with E-state index in [0.717, 1.165) is 11.4 Å². The van der Waals surface area contributed by atoms with Gasteiger partial charge < -0.3 is 5.11 Å². The van der Waals surface area contributed by atoms with Gasteiger partial charge in [-0.1, -0.05) is 42.1 Å². The first kappa shape index (κ1) is 24.6. The van der Waals surface area contributed by atoms with Crippen molar-refractivity contribution < 1.29 is 55.8 Å².